The molecule has 2 heterocycles. The van der Waals surface area contributed by atoms with Crippen molar-refractivity contribution in [2.24, 2.45) is 11.7 Å². The van der Waals surface area contributed by atoms with Crippen LogP contribution in [0, 0.1) is 12.8 Å². The predicted octanol–water partition coefficient (Wildman–Crippen LogP) is 3.26. The lowest BCUT2D eigenvalue weighted by atomic mass is 9.83. The number of phenols is 2. The zero-order valence-corrected chi connectivity index (χ0v) is 17.1. The van der Waals surface area contributed by atoms with E-state index in [1.54, 1.807) is 23.1 Å². The lowest BCUT2D eigenvalue weighted by Crippen LogP contribution is -2.45. The highest BCUT2D eigenvalue weighted by Gasteiger charge is 2.36. The molecule has 1 saturated heterocycles. The number of nitrogens with two attached hydrogens (primary N) is 1. The summed E-state index contributed by atoms with van der Waals surface area (Å²) >= 11 is 0. The Balaban J connectivity index is 1.40. The fraction of sp³-hybridized carbons (Fsp3) is 0.435. The Bertz CT molecular complexity index is 924. The summed E-state index contributed by atoms with van der Waals surface area (Å²) in [6.45, 7) is 3.36. The van der Waals surface area contributed by atoms with Gasteiger partial charge in [0.05, 0.1) is 12.2 Å². The fourth-order valence-electron chi connectivity index (χ4n) is 4.44. The van der Waals surface area contributed by atoms with E-state index >= 15 is 0 Å². The molecule has 0 aliphatic carbocycles. The number of fused-ring (bicyclic) bond motifs is 1. The van der Waals surface area contributed by atoms with Crippen molar-refractivity contribution in [3.8, 4) is 17.2 Å². The molecule has 0 saturated carbocycles. The van der Waals surface area contributed by atoms with Gasteiger partial charge in [-0.15, -0.1) is 0 Å². The molecule has 7 heteroatoms. The number of benzene rings is 2. The van der Waals surface area contributed by atoms with Gasteiger partial charge in [0.2, 0.25) is 0 Å². The van der Waals surface area contributed by atoms with Gasteiger partial charge in [0.25, 0.3) is 0 Å². The third-order valence-corrected chi connectivity index (χ3v) is 6.21. The molecule has 160 valence electrons. The van der Waals surface area contributed by atoms with Crippen LogP contribution in [0.5, 0.6) is 17.2 Å². The standard InChI is InChI=1S/C23H28N2O5/c1-14-6-7-16-17(22(14)27)12-20(29-21(16)13-24)15-8-10-25(11-9-15)23(28)30-19-5-3-2-4-18(19)26/h2-7,15,20-21,26-27H,8-13,24H2,1H3/t20-,21-/m0/s1. The van der Waals surface area contributed by atoms with Crippen molar-refractivity contribution in [2.45, 2.75) is 38.4 Å². The van der Waals surface area contributed by atoms with Gasteiger partial charge in [-0.1, -0.05) is 24.3 Å². The minimum atomic E-state index is -0.460. The van der Waals surface area contributed by atoms with Crippen LogP contribution in [0.4, 0.5) is 4.79 Å². The van der Waals surface area contributed by atoms with Gasteiger partial charge in [-0.05, 0) is 48.9 Å². The molecule has 30 heavy (non-hydrogen) atoms. The van der Waals surface area contributed by atoms with Crippen LogP contribution in [0.1, 0.15) is 35.6 Å². The molecule has 2 atom stereocenters. The topological polar surface area (TPSA) is 105 Å². The minimum Gasteiger partial charge on any atom is -0.507 e. The normalized spacial score (nSPS) is 21.9. The van der Waals surface area contributed by atoms with Crippen LogP contribution in [0.25, 0.3) is 0 Å². The summed E-state index contributed by atoms with van der Waals surface area (Å²) in [7, 11) is 0. The van der Waals surface area contributed by atoms with Crippen LogP contribution in [0.15, 0.2) is 36.4 Å². The van der Waals surface area contributed by atoms with Crippen LogP contribution >= 0.6 is 0 Å². The first-order valence-electron chi connectivity index (χ1n) is 10.4. The number of likely N-dealkylation sites (tertiary alicyclic amines) is 1. The van der Waals surface area contributed by atoms with Gasteiger partial charge in [-0.2, -0.15) is 0 Å². The summed E-state index contributed by atoms with van der Waals surface area (Å²) < 4.78 is 11.6. The van der Waals surface area contributed by atoms with Crippen LogP contribution in [-0.2, 0) is 11.2 Å². The molecule has 2 aromatic carbocycles. The average molecular weight is 412 g/mol. The fourth-order valence-corrected chi connectivity index (χ4v) is 4.44. The Kier molecular flexibility index (Phi) is 5.83. The molecule has 7 nitrogen and oxygen atoms in total. The Hall–Kier alpha value is -2.77. The molecule has 0 radical (unpaired) electrons. The zero-order valence-electron chi connectivity index (χ0n) is 17.1. The van der Waals surface area contributed by atoms with E-state index < -0.39 is 6.09 Å². The second kappa shape index (κ2) is 8.53. The number of rotatable bonds is 3. The van der Waals surface area contributed by atoms with Gasteiger partial charge in [-0.25, -0.2) is 4.79 Å². The zero-order chi connectivity index (χ0) is 21.3. The van der Waals surface area contributed by atoms with Crippen molar-refractivity contribution in [3.63, 3.8) is 0 Å². The summed E-state index contributed by atoms with van der Waals surface area (Å²) in [4.78, 5) is 14.1. The molecule has 2 aliphatic rings. The summed E-state index contributed by atoms with van der Waals surface area (Å²) in [5.41, 5.74) is 8.71. The molecule has 0 unspecified atom stereocenters. The first-order valence-corrected chi connectivity index (χ1v) is 10.4. The number of nitrogens with zero attached hydrogens (tertiary/aromatic N) is 1. The van der Waals surface area contributed by atoms with E-state index in [0.717, 1.165) is 29.5 Å². The molecule has 4 N–H and O–H groups in total. The van der Waals surface area contributed by atoms with Gasteiger partial charge < -0.3 is 30.3 Å². The first-order chi connectivity index (χ1) is 14.5. The Morgan fingerprint density at radius 3 is 2.63 bits per heavy atom. The van der Waals surface area contributed by atoms with Crippen LogP contribution < -0.4 is 10.5 Å². The smallest absolute Gasteiger partial charge is 0.415 e. The van der Waals surface area contributed by atoms with Crippen LogP contribution in [0.2, 0.25) is 0 Å². The van der Waals surface area contributed by atoms with E-state index in [1.807, 2.05) is 19.1 Å². The Morgan fingerprint density at radius 1 is 1.20 bits per heavy atom. The van der Waals surface area contributed by atoms with Gasteiger partial charge in [0, 0.05) is 31.6 Å². The third-order valence-electron chi connectivity index (χ3n) is 6.21. The number of ether oxygens (including phenoxy) is 2. The number of phenolic OH excluding ortho intramolecular Hbond substituents is 2. The second-order valence-electron chi connectivity index (χ2n) is 8.06. The van der Waals surface area contributed by atoms with Gasteiger partial charge in [0.15, 0.2) is 11.5 Å². The molecular formula is C23H28N2O5. The summed E-state index contributed by atoms with van der Waals surface area (Å²) in [5.74, 6) is 0.704. The minimum absolute atomic E-state index is 0.0462. The van der Waals surface area contributed by atoms with Crippen molar-refractivity contribution in [3.05, 3.63) is 53.1 Å². The predicted molar refractivity (Wildman–Crippen MR) is 112 cm³/mol. The van der Waals surface area contributed by atoms with Crippen molar-refractivity contribution in [2.75, 3.05) is 19.6 Å². The van der Waals surface area contributed by atoms with Crippen molar-refractivity contribution in [1.82, 2.24) is 4.90 Å². The van der Waals surface area contributed by atoms with E-state index in [1.165, 1.54) is 6.07 Å². The van der Waals surface area contributed by atoms with Crippen molar-refractivity contribution >= 4 is 6.09 Å². The number of para-hydroxylation sites is 2. The molecule has 0 bridgehead atoms. The number of piperidine rings is 1. The van der Waals surface area contributed by atoms with Crippen LogP contribution in [-0.4, -0.2) is 46.9 Å². The van der Waals surface area contributed by atoms with E-state index in [2.05, 4.69) is 0 Å². The van der Waals surface area contributed by atoms with Gasteiger partial charge >= 0.3 is 6.09 Å². The first kappa shape index (κ1) is 20.5. The monoisotopic (exact) mass is 412 g/mol. The highest BCUT2D eigenvalue weighted by molar-refractivity contribution is 5.71. The maximum Gasteiger partial charge on any atom is 0.415 e. The van der Waals surface area contributed by atoms with E-state index in [-0.39, 0.29) is 29.6 Å². The number of amides is 1. The van der Waals surface area contributed by atoms with Crippen LogP contribution in [0.3, 0.4) is 0 Å². The molecule has 0 spiro atoms. The highest BCUT2D eigenvalue weighted by Crippen LogP contribution is 2.40. The molecular weight excluding hydrogens is 384 g/mol. The lowest BCUT2D eigenvalue weighted by Gasteiger charge is -2.40. The SMILES string of the molecule is Cc1ccc2c(c1O)C[C@@H](C1CCN(C(=O)Oc3ccccc3O)CC1)O[C@H]2CN. The largest absolute Gasteiger partial charge is 0.507 e. The maximum atomic E-state index is 12.5. The van der Waals surface area contributed by atoms with E-state index in [9.17, 15) is 15.0 Å². The molecule has 1 fully saturated rings. The number of carbonyl (C=O) groups excluding carboxylic acids is 1. The second-order valence-corrected chi connectivity index (χ2v) is 8.06. The average Bonchev–Trinajstić information content (AvgIpc) is 2.77. The van der Waals surface area contributed by atoms with Crippen molar-refractivity contribution < 1.29 is 24.5 Å². The number of aromatic hydroxyl groups is 2. The molecule has 4 rings (SSSR count). The summed E-state index contributed by atoms with van der Waals surface area (Å²) in [6, 6.07) is 10.3. The number of carbonyl (C=O) groups is 1. The summed E-state index contributed by atoms with van der Waals surface area (Å²) in [5, 5.41) is 20.4. The number of aryl methyl sites for hydroxylation is 1. The Morgan fingerprint density at radius 2 is 1.93 bits per heavy atom. The van der Waals surface area contributed by atoms with E-state index in [0.29, 0.717) is 31.8 Å². The summed E-state index contributed by atoms with van der Waals surface area (Å²) in [6.07, 6.45) is 1.47. The maximum absolute atomic E-state index is 12.5. The molecule has 2 aromatic rings. The lowest BCUT2D eigenvalue weighted by molar-refractivity contribution is -0.0633. The van der Waals surface area contributed by atoms with Gasteiger partial charge in [-0.3, -0.25) is 0 Å². The Labute approximate surface area is 176 Å². The van der Waals surface area contributed by atoms with Crippen molar-refractivity contribution in [1.29, 1.82) is 0 Å². The molecule has 1 amide bonds. The quantitative estimate of drug-likeness (QED) is 0.715. The van der Waals surface area contributed by atoms with Gasteiger partial charge in [0.1, 0.15) is 5.75 Å². The number of hydrogen-bond acceptors (Lipinski definition) is 6. The number of hydrogen-bond donors (Lipinski definition) is 3. The van der Waals surface area contributed by atoms with E-state index in [4.69, 9.17) is 15.2 Å². The molecule has 2 aliphatic heterocycles. The third kappa shape index (κ3) is 3.95. The highest BCUT2D eigenvalue weighted by atomic mass is 16.6. The molecule has 0 aromatic heterocycles.